The zero-order valence-corrected chi connectivity index (χ0v) is 17.8. The van der Waals surface area contributed by atoms with Gasteiger partial charge in [-0.3, -0.25) is 19.3 Å². The van der Waals surface area contributed by atoms with Crippen LogP contribution < -0.4 is 10.6 Å². The first kappa shape index (κ1) is 21.3. The largest absolute Gasteiger partial charge is 0.454 e. The molecule has 0 radical (unpaired) electrons. The van der Waals surface area contributed by atoms with Crippen LogP contribution in [0.4, 0.5) is 4.79 Å². The van der Waals surface area contributed by atoms with Gasteiger partial charge in [0.25, 0.3) is 11.8 Å². The smallest absolute Gasteiger partial charge is 0.326 e. The third-order valence-corrected chi connectivity index (χ3v) is 6.86. The lowest BCUT2D eigenvalue weighted by Crippen LogP contribution is -2.54. The normalized spacial score (nSPS) is 27.6. The first-order valence-electron chi connectivity index (χ1n) is 11.1. The Bertz CT molecular complexity index is 901. The molecule has 0 aromatic heterocycles. The van der Waals surface area contributed by atoms with Gasteiger partial charge < -0.3 is 15.4 Å². The van der Waals surface area contributed by atoms with Crippen molar-refractivity contribution in [2.75, 3.05) is 13.2 Å². The fourth-order valence-electron chi connectivity index (χ4n) is 5.10. The van der Waals surface area contributed by atoms with Gasteiger partial charge in [0, 0.05) is 0 Å². The number of carbonyl (C=O) groups is 4. The van der Waals surface area contributed by atoms with Crippen molar-refractivity contribution in [3.05, 3.63) is 35.4 Å². The molecule has 4 amide bonds. The van der Waals surface area contributed by atoms with E-state index < -0.39 is 36.6 Å². The Hall–Kier alpha value is -2.90. The molecule has 2 fully saturated rings. The van der Waals surface area contributed by atoms with Gasteiger partial charge in [-0.05, 0) is 49.1 Å². The van der Waals surface area contributed by atoms with Gasteiger partial charge >= 0.3 is 12.0 Å². The minimum Gasteiger partial charge on any atom is -0.454 e. The van der Waals surface area contributed by atoms with Crippen molar-refractivity contribution in [2.24, 2.45) is 5.92 Å². The van der Waals surface area contributed by atoms with E-state index in [-0.39, 0.29) is 17.9 Å². The summed E-state index contributed by atoms with van der Waals surface area (Å²) in [4.78, 5) is 50.8. The van der Waals surface area contributed by atoms with E-state index in [9.17, 15) is 19.2 Å². The Morgan fingerprint density at radius 3 is 2.81 bits per heavy atom. The molecular weight excluding hydrogens is 398 g/mol. The molecule has 0 bridgehead atoms. The van der Waals surface area contributed by atoms with Crippen molar-refractivity contribution in [3.8, 4) is 0 Å². The summed E-state index contributed by atoms with van der Waals surface area (Å²) in [6.07, 6.45) is 6.12. The van der Waals surface area contributed by atoms with Gasteiger partial charge in [-0.1, -0.05) is 44.0 Å². The number of esters is 1. The van der Waals surface area contributed by atoms with E-state index in [0.29, 0.717) is 6.42 Å². The van der Waals surface area contributed by atoms with Crippen LogP contribution >= 0.6 is 0 Å². The van der Waals surface area contributed by atoms with Gasteiger partial charge in [0.15, 0.2) is 6.61 Å². The number of hydrogen-bond donors (Lipinski definition) is 2. The second-order valence-corrected chi connectivity index (χ2v) is 8.81. The van der Waals surface area contributed by atoms with Crippen molar-refractivity contribution < 1.29 is 23.9 Å². The lowest BCUT2D eigenvalue weighted by atomic mass is 9.73. The summed E-state index contributed by atoms with van der Waals surface area (Å²) in [7, 11) is 0. The monoisotopic (exact) mass is 427 g/mol. The van der Waals surface area contributed by atoms with Crippen LogP contribution in [0, 0.1) is 5.92 Å². The number of amides is 4. The summed E-state index contributed by atoms with van der Waals surface area (Å²) in [5, 5.41) is 5.72. The average molecular weight is 428 g/mol. The summed E-state index contributed by atoms with van der Waals surface area (Å²) in [5.41, 5.74) is 1.40. The summed E-state index contributed by atoms with van der Waals surface area (Å²) in [6, 6.07) is 7.32. The standard InChI is InChI=1S/C23H29N3O5/c1-15-7-4-5-12-23(15)21(29)26(22(30)25-23)13-20(28)31-14-19(27)24-18-11-6-9-16-8-2-3-10-17(16)18/h2-3,8,10,15,18H,4-7,9,11-14H2,1H3,(H,24,27)(H,25,30)/t15-,18+,23-/m0/s1. The number of urea groups is 1. The quantitative estimate of drug-likeness (QED) is 0.554. The molecule has 8 nitrogen and oxygen atoms in total. The Balaban J connectivity index is 1.29. The van der Waals surface area contributed by atoms with Crippen LogP contribution in [-0.2, 0) is 25.5 Å². The van der Waals surface area contributed by atoms with Crippen molar-refractivity contribution in [1.29, 1.82) is 0 Å². The first-order chi connectivity index (χ1) is 14.9. The van der Waals surface area contributed by atoms with Gasteiger partial charge in [-0.15, -0.1) is 0 Å². The number of imide groups is 1. The summed E-state index contributed by atoms with van der Waals surface area (Å²) in [5.74, 6) is -1.53. The maximum atomic E-state index is 12.9. The fraction of sp³-hybridized carbons (Fsp3) is 0.565. The van der Waals surface area contributed by atoms with Gasteiger partial charge in [0.1, 0.15) is 12.1 Å². The third kappa shape index (κ3) is 4.16. The molecule has 8 heteroatoms. The molecule has 3 aliphatic rings. The van der Waals surface area contributed by atoms with Crippen LogP contribution in [0.2, 0.25) is 0 Å². The molecule has 3 atom stereocenters. The minimum absolute atomic E-state index is 0.0165. The molecule has 1 aromatic carbocycles. The van der Waals surface area contributed by atoms with E-state index >= 15 is 0 Å². The first-order valence-corrected chi connectivity index (χ1v) is 11.1. The molecule has 1 aromatic rings. The lowest BCUT2D eigenvalue weighted by molar-refractivity contribution is -0.151. The predicted octanol–water partition coefficient (Wildman–Crippen LogP) is 2.22. The Labute approximate surface area is 181 Å². The predicted molar refractivity (Wildman–Crippen MR) is 112 cm³/mol. The topological polar surface area (TPSA) is 105 Å². The number of ether oxygens (including phenoxy) is 1. The molecule has 4 rings (SSSR count). The number of nitrogens with one attached hydrogen (secondary N) is 2. The maximum absolute atomic E-state index is 12.9. The van der Waals surface area contributed by atoms with E-state index in [2.05, 4.69) is 16.7 Å². The number of carbonyl (C=O) groups excluding carboxylic acids is 4. The second-order valence-electron chi connectivity index (χ2n) is 8.81. The number of nitrogens with zero attached hydrogens (tertiary/aromatic N) is 1. The van der Waals surface area contributed by atoms with Crippen LogP contribution in [-0.4, -0.2) is 47.4 Å². The Kier molecular flexibility index (Phi) is 5.98. The average Bonchev–Trinajstić information content (AvgIpc) is 2.99. The number of aryl methyl sites for hydroxylation is 1. The number of benzene rings is 1. The zero-order valence-electron chi connectivity index (χ0n) is 17.8. The molecule has 1 saturated heterocycles. The number of hydrogen-bond acceptors (Lipinski definition) is 5. The van der Waals surface area contributed by atoms with Crippen LogP contribution in [0.25, 0.3) is 0 Å². The highest BCUT2D eigenvalue weighted by atomic mass is 16.5. The molecular formula is C23H29N3O5. The van der Waals surface area contributed by atoms with Crippen LogP contribution in [0.3, 0.4) is 0 Å². The minimum atomic E-state index is -0.915. The van der Waals surface area contributed by atoms with Gasteiger partial charge in [0.05, 0.1) is 6.04 Å². The second kappa shape index (κ2) is 8.69. The van der Waals surface area contributed by atoms with Crippen LogP contribution in [0.5, 0.6) is 0 Å². The van der Waals surface area contributed by atoms with Crippen molar-refractivity contribution >= 4 is 23.8 Å². The molecule has 1 heterocycles. The summed E-state index contributed by atoms with van der Waals surface area (Å²) in [6.45, 7) is 1.02. The zero-order chi connectivity index (χ0) is 22.0. The maximum Gasteiger partial charge on any atom is 0.326 e. The van der Waals surface area contributed by atoms with E-state index in [1.807, 2.05) is 25.1 Å². The SMILES string of the molecule is C[C@H]1CCCC[C@]12NC(=O)N(CC(=O)OCC(=O)N[C@@H]1CCCc3ccccc31)C2=O. The van der Waals surface area contributed by atoms with Crippen LogP contribution in [0.1, 0.15) is 62.6 Å². The molecule has 1 spiro atoms. The molecule has 2 N–H and O–H groups in total. The lowest BCUT2D eigenvalue weighted by Gasteiger charge is -2.36. The van der Waals surface area contributed by atoms with E-state index in [4.69, 9.17) is 4.74 Å². The fourth-order valence-corrected chi connectivity index (χ4v) is 5.10. The molecule has 0 unspecified atom stereocenters. The highest BCUT2D eigenvalue weighted by Crippen LogP contribution is 2.38. The van der Waals surface area contributed by atoms with Crippen LogP contribution in [0.15, 0.2) is 24.3 Å². The van der Waals surface area contributed by atoms with E-state index in [0.717, 1.165) is 49.0 Å². The molecule has 1 saturated carbocycles. The number of rotatable bonds is 5. The molecule has 31 heavy (non-hydrogen) atoms. The molecule has 2 aliphatic carbocycles. The third-order valence-electron chi connectivity index (χ3n) is 6.86. The Morgan fingerprint density at radius 1 is 1.19 bits per heavy atom. The molecule has 1 aliphatic heterocycles. The number of fused-ring (bicyclic) bond motifs is 1. The van der Waals surface area contributed by atoms with Gasteiger partial charge in [0.2, 0.25) is 0 Å². The highest BCUT2D eigenvalue weighted by molar-refractivity contribution is 6.09. The van der Waals surface area contributed by atoms with E-state index in [1.54, 1.807) is 0 Å². The molecule has 166 valence electrons. The van der Waals surface area contributed by atoms with Crippen molar-refractivity contribution in [1.82, 2.24) is 15.5 Å². The van der Waals surface area contributed by atoms with Crippen molar-refractivity contribution in [3.63, 3.8) is 0 Å². The Morgan fingerprint density at radius 2 is 2.00 bits per heavy atom. The summed E-state index contributed by atoms with van der Waals surface area (Å²) >= 11 is 0. The van der Waals surface area contributed by atoms with Crippen molar-refractivity contribution in [2.45, 2.75) is 63.5 Å². The van der Waals surface area contributed by atoms with E-state index in [1.165, 1.54) is 5.56 Å². The highest BCUT2D eigenvalue weighted by Gasteiger charge is 2.55. The summed E-state index contributed by atoms with van der Waals surface area (Å²) < 4.78 is 5.07. The van der Waals surface area contributed by atoms with Gasteiger partial charge in [-0.25, -0.2) is 4.79 Å². The van der Waals surface area contributed by atoms with Gasteiger partial charge in [-0.2, -0.15) is 0 Å².